The van der Waals surface area contributed by atoms with Crippen LogP contribution in [0.2, 0.25) is 5.02 Å². The van der Waals surface area contributed by atoms with Gasteiger partial charge in [-0.05, 0) is 44.2 Å². The summed E-state index contributed by atoms with van der Waals surface area (Å²) in [6.07, 6.45) is 0.822. The highest BCUT2D eigenvalue weighted by molar-refractivity contribution is 6.30. The molecule has 27 heavy (non-hydrogen) atoms. The van der Waals surface area contributed by atoms with Gasteiger partial charge in [0.2, 0.25) is 11.8 Å². The summed E-state index contributed by atoms with van der Waals surface area (Å²) in [6, 6.07) is 10.7. The van der Waals surface area contributed by atoms with E-state index in [9.17, 15) is 14.0 Å². The molecule has 0 radical (unpaired) electrons. The van der Waals surface area contributed by atoms with Crippen LogP contribution in [0.5, 0.6) is 5.75 Å². The summed E-state index contributed by atoms with van der Waals surface area (Å²) in [5.74, 6) is -1.32. The number of carbonyl (C=O) groups excluding carboxylic acids is 2. The first-order valence-corrected chi connectivity index (χ1v) is 8.55. The van der Waals surface area contributed by atoms with Crippen molar-refractivity contribution in [1.29, 1.82) is 0 Å². The summed E-state index contributed by atoms with van der Waals surface area (Å²) in [5, 5.41) is 6.62. The van der Waals surface area contributed by atoms with Crippen LogP contribution in [0, 0.1) is 5.82 Å². The molecule has 2 aromatic carbocycles. The first-order valence-electron chi connectivity index (χ1n) is 8.17. The van der Waals surface area contributed by atoms with Gasteiger partial charge in [-0.25, -0.2) is 9.82 Å². The van der Waals surface area contributed by atoms with Crippen LogP contribution >= 0.6 is 11.6 Å². The fraction of sp³-hybridized carbons (Fsp3) is 0.211. The number of rotatable bonds is 7. The van der Waals surface area contributed by atoms with E-state index in [0.29, 0.717) is 16.3 Å². The van der Waals surface area contributed by atoms with Gasteiger partial charge in [-0.2, -0.15) is 5.10 Å². The molecule has 2 aromatic rings. The van der Waals surface area contributed by atoms with Crippen LogP contribution < -0.4 is 15.5 Å². The van der Waals surface area contributed by atoms with Gasteiger partial charge in [-0.3, -0.25) is 9.59 Å². The normalized spacial score (nSPS) is 10.9. The van der Waals surface area contributed by atoms with Crippen LogP contribution in [0.3, 0.4) is 0 Å². The van der Waals surface area contributed by atoms with Crippen LogP contribution in [0.4, 0.5) is 10.1 Å². The van der Waals surface area contributed by atoms with Gasteiger partial charge < -0.3 is 10.1 Å². The Labute approximate surface area is 161 Å². The average molecular weight is 392 g/mol. The minimum atomic E-state index is -0.653. The van der Waals surface area contributed by atoms with Crippen molar-refractivity contribution in [2.45, 2.75) is 26.4 Å². The Morgan fingerprint density at radius 1 is 1.22 bits per heavy atom. The molecule has 142 valence electrons. The van der Waals surface area contributed by atoms with Crippen LogP contribution in [-0.2, 0) is 9.59 Å². The number of amides is 2. The average Bonchev–Trinajstić information content (AvgIpc) is 2.59. The maximum atomic E-state index is 13.5. The number of halogens is 2. The van der Waals surface area contributed by atoms with Crippen molar-refractivity contribution >= 4 is 35.3 Å². The lowest BCUT2D eigenvalue weighted by Gasteiger charge is -2.12. The zero-order valence-corrected chi connectivity index (χ0v) is 15.6. The molecule has 2 rings (SSSR count). The lowest BCUT2D eigenvalue weighted by atomic mass is 10.2. The van der Waals surface area contributed by atoms with Crippen molar-refractivity contribution in [3.05, 3.63) is 58.9 Å². The second kappa shape index (κ2) is 9.68. The van der Waals surface area contributed by atoms with E-state index in [-0.39, 0.29) is 11.8 Å². The van der Waals surface area contributed by atoms with Crippen LogP contribution in [0.1, 0.15) is 25.8 Å². The third-order valence-electron chi connectivity index (χ3n) is 3.20. The summed E-state index contributed by atoms with van der Waals surface area (Å²) in [7, 11) is 0. The molecule has 2 N–H and O–H groups in total. The Morgan fingerprint density at radius 3 is 2.67 bits per heavy atom. The molecule has 6 nitrogen and oxygen atoms in total. The second-order valence-electron chi connectivity index (χ2n) is 5.85. The predicted octanol–water partition coefficient (Wildman–Crippen LogP) is 3.75. The zero-order valence-electron chi connectivity index (χ0n) is 14.8. The summed E-state index contributed by atoms with van der Waals surface area (Å²) in [6.45, 7) is 3.76. The number of hydrogen-bond acceptors (Lipinski definition) is 4. The number of nitrogens with one attached hydrogen (secondary N) is 2. The minimum absolute atomic E-state index is 0.00760. The van der Waals surface area contributed by atoms with E-state index >= 15 is 0 Å². The number of para-hydroxylation sites is 1. The largest absolute Gasteiger partial charge is 0.490 e. The summed E-state index contributed by atoms with van der Waals surface area (Å²) >= 11 is 5.97. The molecule has 0 saturated carbocycles. The first-order chi connectivity index (χ1) is 12.8. The second-order valence-corrected chi connectivity index (χ2v) is 6.28. The number of ether oxygens (including phenoxy) is 1. The van der Waals surface area contributed by atoms with Gasteiger partial charge in [0.15, 0.2) is 0 Å². The van der Waals surface area contributed by atoms with Crippen molar-refractivity contribution in [1.82, 2.24) is 5.43 Å². The number of carbonyl (C=O) groups is 2. The number of benzene rings is 2. The van der Waals surface area contributed by atoms with E-state index in [1.807, 2.05) is 13.8 Å². The topological polar surface area (TPSA) is 79.8 Å². The monoisotopic (exact) mass is 391 g/mol. The number of nitrogens with zero attached hydrogens (tertiary/aromatic N) is 1. The molecule has 0 atom stereocenters. The van der Waals surface area contributed by atoms with Crippen molar-refractivity contribution < 1.29 is 18.7 Å². The third kappa shape index (κ3) is 6.71. The minimum Gasteiger partial charge on any atom is -0.490 e. The van der Waals surface area contributed by atoms with E-state index in [1.165, 1.54) is 24.4 Å². The summed E-state index contributed by atoms with van der Waals surface area (Å²) in [5.41, 5.74) is 2.82. The fourth-order valence-corrected chi connectivity index (χ4v) is 2.28. The van der Waals surface area contributed by atoms with Crippen molar-refractivity contribution in [2.24, 2.45) is 5.10 Å². The first kappa shape index (κ1) is 20.4. The van der Waals surface area contributed by atoms with E-state index < -0.39 is 24.1 Å². The van der Waals surface area contributed by atoms with Gasteiger partial charge >= 0.3 is 0 Å². The highest BCUT2D eigenvalue weighted by atomic mass is 35.5. The lowest BCUT2D eigenvalue weighted by Crippen LogP contribution is -2.25. The molecular weight excluding hydrogens is 373 g/mol. The zero-order chi connectivity index (χ0) is 19.8. The number of hydrogen-bond donors (Lipinski definition) is 2. The molecule has 0 aliphatic rings. The van der Waals surface area contributed by atoms with E-state index in [0.717, 1.165) is 0 Å². The Bertz CT molecular complexity index is 856. The molecule has 8 heteroatoms. The molecule has 0 unspecified atom stereocenters. The van der Waals surface area contributed by atoms with E-state index in [4.69, 9.17) is 16.3 Å². The Kier molecular flexibility index (Phi) is 7.31. The summed E-state index contributed by atoms with van der Waals surface area (Å²) < 4.78 is 19.1. The molecule has 0 aliphatic heterocycles. The molecule has 0 aromatic heterocycles. The molecular formula is C19H19ClFN3O3. The Hall–Kier alpha value is -2.93. The van der Waals surface area contributed by atoms with Gasteiger partial charge in [-0.15, -0.1) is 0 Å². The van der Waals surface area contributed by atoms with Crippen LogP contribution in [-0.4, -0.2) is 24.1 Å². The van der Waals surface area contributed by atoms with Gasteiger partial charge in [0, 0.05) is 10.6 Å². The Balaban J connectivity index is 1.92. The summed E-state index contributed by atoms with van der Waals surface area (Å²) in [4.78, 5) is 23.6. The van der Waals surface area contributed by atoms with Crippen LogP contribution in [0.15, 0.2) is 47.6 Å². The molecule has 0 saturated heterocycles. The molecule has 0 spiro atoms. The molecule has 0 bridgehead atoms. The third-order valence-corrected chi connectivity index (χ3v) is 3.43. The molecule has 2 amide bonds. The number of anilines is 1. The standard InChI is InChI=1S/C19H19ClFN3O3/c1-12(2)27-17-8-7-14(20)9-13(17)11-22-24-19(26)10-18(25)23-16-6-4-3-5-15(16)21/h3-9,11-12H,10H2,1-2H3,(H,23,25)(H,24,26). The number of hydrazone groups is 1. The van der Waals surface area contributed by atoms with Gasteiger partial charge in [-0.1, -0.05) is 23.7 Å². The fourth-order valence-electron chi connectivity index (χ4n) is 2.10. The maximum absolute atomic E-state index is 13.5. The van der Waals surface area contributed by atoms with Crippen molar-refractivity contribution in [3.63, 3.8) is 0 Å². The van der Waals surface area contributed by atoms with Crippen LogP contribution in [0.25, 0.3) is 0 Å². The SMILES string of the molecule is CC(C)Oc1ccc(Cl)cc1C=NNC(=O)CC(=O)Nc1ccccc1F. The van der Waals surface area contributed by atoms with Gasteiger partial charge in [0.1, 0.15) is 18.0 Å². The van der Waals surface area contributed by atoms with E-state index in [2.05, 4.69) is 15.8 Å². The lowest BCUT2D eigenvalue weighted by molar-refractivity contribution is -0.126. The highest BCUT2D eigenvalue weighted by Crippen LogP contribution is 2.22. The van der Waals surface area contributed by atoms with Crippen molar-refractivity contribution in [3.8, 4) is 5.75 Å². The van der Waals surface area contributed by atoms with Crippen molar-refractivity contribution in [2.75, 3.05) is 5.32 Å². The smallest absolute Gasteiger partial charge is 0.249 e. The van der Waals surface area contributed by atoms with E-state index in [1.54, 1.807) is 24.3 Å². The highest BCUT2D eigenvalue weighted by Gasteiger charge is 2.11. The quantitative estimate of drug-likeness (QED) is 0.428. The molecule has 0 aliphatic carbocycles. The van der Waals surface area contributed by atoms with Gasteiger partial charge in [0.25, 0.3) is 0 Å². The molecule has 0 fully saturated rings. The maximum Gasteiger partial charge on any atom is 0.249 e. The predicted molar refractivity (Wildman–Crippen MR) is 103 cm³/mol. The molecule has 0 heterocycles. The Morgan fingerprint density at radius 2 is 1.96 bits per heavy atom. The van der Waals surface area contributed by atoms with Gasteiger partial charge in [0.05, 0.1) is 18.0 Å².